The third-order valence-electron chi connectivity index (χ3n) is 5.10. The van der Waals surface area contributed by atoms with Gasteiger partial charge in [-0.1, -0.05) is 31.9 Å². The van der Waals surface area contributed by atoms with Gasteiger partial charge >= 0.3 is 0 Å². The van der Waals surface area contributed by atoms with Crippen molar-refractivity contribution in [1.82, 2.24) is 20.4 Å². The normalized spacial score (nSPS) is 26.7. The molecule has 0 spiro atoms. The van der Waals surface area contributed by atoms with Crippen LogP contribution in [0.3, 0.4) is 0 Å². The van der Waals surface area contributed by atoms with E-state index in [4.69, 9.17) is 16.2 Å². The molecule has 3 rings (SSSR count). The molecular formula is C20H27N5O. The molecule has 1 aliphatic heterocycles. The van der Waals surface area contributed by atoms with Crippen LogP contribution in [0.15, 0.2) is 41.4 Å². The van der Waals surface area contributed by atoms with Crippen LogP contribution in [-0.4, -0.2) is 34.9 Å². The molecule has 1 aromatic rings. The van der Waals surface area contributed by atoms with Gasteiger partial charge in [-0.25, -0.2) is 0 Å². The Labute approximate surface area is 155 Å². The third-order valence-corrected chi connectivity index (χ3v) is 5.10. The second-order valence-electron chi connectivity index (χ2n) is 6.83. The molecular weight excluding hydrogens is 326 g/mol. The Hall–Kier alpha value is -2.52. The number of amidine groups is 1. The van der Waals surface area contributed by atoms with Gasteiger partial charge < -0.3 is 10.1 Å². The van der Waals surface area contributed by atoms with Crippen LogP contribution in [0.25, 0.3) is 0 Å². The summed E-state index contributed by atoms with van der Waals surface area (Å²) in [5.41, 5.74) is 0.968. The van der Waals surface area contributed by atoms with E-state index in [0.717, 1.165) is 23.6 Å². The number of aliphatic imine (C=N–C) groups is 1. The third kappa shape index (κ3) is 3.54. The molecule has 0 saturated heterocycles. The zero-order chi connectivity index (χ0) is 18.7. The Morgan fingerprint density at radius 1 is 1.50 bits per heavy atom. The lowest BCUT2D eigenvalue weighted by molar-refractivity contribution is 0.185. The van der Waals surface area contributed by atoms with Crippen molar-refractivity contribution in [2.75, 3.05) is 7.11 Å². The summed E-state index contributed by atoms with van der Waals surface area (Å²) in [5.74, 6) is 5.15. The zero-order valence-electron chi connectivity index (χ0n) is 15.8. The van der Waals surface area contributed by atoms with E-state index in [1.54, 1.807) is 18.0 Å². The van der Waals surface area contributed by atoms with Crippen LogP contribution in [-0.2, 0) is 11.8 Å². The number of ether oxygens (including phenoxy) is 1. The van der Waals surface area contributed by atoms with Crippen molar-refractivity contribution in [1.29, 1.82) is 0 Å². The molecule has 5 unspecified atom stereocenters. The molecule has 0 radical (unpaired) electrons. The first-order valence-electron chi connectivity index (χ1n) is 9.04. The summed E-state index contributed by atoms with van der Waals surface area (Å²) < 4.78 is 7.39. The number of fused-ring (bicyclic) bond motifs is 1. The van der Waals surface area contributed by atoms with Gasteiger partial charge in [0.1, 0.15) is 11.6 Å². The molecule has 1 aliphatic carbocycles. The molecule has 138 valence electrons. The molecule has 5 atom stereocenters. The van der Waals surface area contributed by atoms with Crippen molar-refractivity contribution in [2.24, 2.45) is 23.9 Å². The van der Waals surface area contributed by atoms with E-state index in [9.17, 15) is 0 Å². The number of hydrogen-bond donors (Lipinski definition) is 2. The number of allylic oxidation sites excluding steroid dienone is 2. The van der Waals surface area contributed by atoms with Crippen molar-refractivity contribution in [3.8, 4) is 12.3 Å². The summed E-state index contributed by atoms with van der Waals surface area (Å²) in [5, 5.41) is 11.4. The number of terminal acetylenes is 1. The van der Waals surface area contributed by atoms with Crippen LogP contribution in [0.2, 0.25) is 0 Å². The molecule has 6 nitrogen and oxygen atoms in total. The maximum atomic E-state index is 5.82. The van der Waals surface area contributed by atoms with Gasteiger partial charge in [-0.05, 0) is 12.5 Å². The van der Waals surface area contributed by atoms with Crippen molar-refractivity contribution >= 4 is 5.84 Å². The van der Waals surface area contributed by atoms with Crippen LogP contribution in [0.5, 0.6) is 0 Å². The highest BCUT2D eigenvalue weighted by Crippen LogP contribution is 2.31. The van der Waals surface area contributed by atoms with Crippen molar-refractivity contribution in [3.63, 3.8) is 0 Å². The largest absolute Gasteiger partial charge is 0.501 e. The Morgan fingerprint density at radius 2 is 2.31 bits per heavy atom. The minimum atomic E-state index is -0.248. The highest BCUT2D eigenvalue weighted by atomic mass is 16.5. The van der Waals surface area contributed by atoms with Crippen LogP contribution in [0.4, 0.5) is 0 Å². The van der Waals surface area contributed by atoms with E-state index >= 15 is 0 Å². The number of methoxy groups -OCH3 is 1. The van der Waals surface area contributed by atoms with Gasteiger partial charge in [-0.2, -0.15) is 5.10 Å². The Morgan fingerprint density at radius 3 is 2.92 bits per heavy atom. The first-order valence-corrected chi connectivity index (χ1v) is 9.04. The number of nitrogens with zero attached hydrogens (tertiary/aromatic N) is 3. The van der Waals surface area contributed by atoms with E-state index in [2.05, 4.69) is 41.6 Å². The zero-order valence-corrected chi connectivity index (χ0v) is 15.8. The molecule has 2 heterocycles. The molecule has 0 fully saturated rings. The second-order valence-corrected chi connectivity index (χ2v) is 6.83. The highest BCUT2D eigenvalue weighted by molar-refractivity contribution is 5.85. The summed E-state index contributed by atoms with van der Waals surface area (Å²) in [6.07, 6.45) is 16.6. The van der Waals surface area contributed by atoms with Gasteiger partial charge in [0, 0.05) is 24.7 Å². The molecule has 0 amide bonds. The van der Waals surface area contributed by atoms with Gasteiger partial charge in [0.25, 0.3) is 0 Å². The van der Waals surface area contributed by atoms with Crippen LogP contribution >= 0.6 is 0 Å². The summed E-state index contributed by atoms with van der Waals surface area (Å²) in [4.78, 5) is 4.92. The van der Waals surface area contributed by atoms with Gasteiger partial charge in [-0.3, -0.25) is 15.0 Å². The van der Waals surface area contributed by atoms with Crippen molar-refractivity contribution in [3.05, 3.63) is 41.9 Å². The predicted octanol–water partition coefficient (Wildman–Crippen LogP) is 2.14. The minimum absolute atomic E-state index is 0.0324. The van der Waals surface area contributed by atoms with Gasteiger partial charge in [-0.15, -0.1) is 6.42 Å². The first-order chi connectivity index (χ1) is 12.6. The van der Waals surface area contributed by atoms with E-state index in [0.29, 0.717) is 5.92 Å². The van der Waals surface area contributed by atoms with Crippen molar-refractivity contribution < 1.29 is 4.74 Å². The second kappa shape index (κ2) is 7.79. The first kappa shape index (κ1) is 18.3. The van der Waals surface area contributed by atoms with E-state index in [-0.39, 0.29) is 24.2 Å². The van der Waals surface area contributed by atoms with Gasteiger partial charge in [0.2, 0.25) is 0 Å². The highest BCUT2D eigenvalue weighted by Gasteiger charge is 2.39. The predicted molar refractivity (Wildman–Crippen MR) is 103 cm³/mol. The fourth-order valence-electron chi connectivity index (χ4n) is 3.42. The quantitative estimate of drug-likeness (QED) is 0.769. The van der Waals surface area contributed by atoms with E-state index in [1.807, 2.05) is 25.4 Å². The molecule has 6 heteroatoms. The standard InChI is InChI=1S/C20H27N5O/c1-6-13(3)19-23-16-9-8-10-17(26-5)18(16)20(24-19)22-15(7-2)14-11-21-25(4)12-14/h2,8-13,15-16,18,20,22H,6H2,1,3-5H3,(H,23,24). The lowest BCUT2D eigenvalue weighted by Gasteiger charge is -2.40. The molecule has 26 heavy (non-hydrogen) atoms. The fourth-order valence-corrected chi connectivity index (χ4v) is 3.42. The van der Waals surface area contributed by atoms with Crippen LogP contribution in [0.1, 0.15) is 31.9 Å². The molecule has 2 aliphatic rings. The molecule has 0 aromatic carbocycles. The van der Waals surface area contributed by atoms with Crippen LogP contribution in [0, 0.1) is 24.2 Å². The number of aromatic nitrogens is 2. The van der Waals surface area contributed by atoms with E-state index < -0.39 is 0 Å². The average molecular weight is 353 g/mol. The topological polar surface area (TPSA) is 63.5 Å². The monoisotopic (exact) mass is 353 g/mol. The fraction of sp³-hybridized carbons (Fsp3) is 0.500. The Kier molecular flexibility index (Phi) is 5.48. The maximum absolute atomic E-state index is 5.82. The summed E-state index contributed by atoms with van der Waals surface area (Å²) >= 11 is 0. The summed E-state index contributed by atoms with van der Waals surface area (Å²) in [6.45, 7) is 4.35. The lowest BCUT2D eigenvalue weighted by atomic mass is 9.87. The average Bonchev–Trinajstić information content (AvgIpc) is 3.10. The SMILES string of the molecule is C#CC(NC1NC(C(C)CC)=NC2C=CC=C(OC)C21)c1cnn(C)c1. The maximum Gasteiger partial charge on any atom is 0.104 e. The van der Waals surface area contributed by atoms with Crippen LogP contribution < -0.4 is 10.6 Å². The molecule has 1 aromatic heterocycles. The Bertz CT molecular complexity index is 769. The minimum Gasteiger partial charge on any atom is -0.501 e. The van der Waals surface area contributed by atoms with Gasteiger partial charge in [0.05, 0.1) is 37.5 Å². The molecule has 0 saturated carbocycles. The molecule has 2 N–H and O–H groups in total. The van der Waals surface area contributed by atoms with Crippen molar-refractivity contribution in [2.45, 2.75) is 38.5 Å². The number of hydrogen-bond acceptors (Lipinski definition) is 5. The number of rotatable bonds is 6. The van der Waals surface area contributed by atoms with E-state index in [1.165, 1.54) is 0 Å². The smallest absolute Gasteiger partial charge is 0.104 e. The Balaban J connectivity index is 1.90. The summed E-state index contributed by atoms with van der Waals surface area (Å²) in [7, 11) is 3.59. The number of nitrogens with one attached hydrogen (secondary N) is 2. The number of aryl methyl sites for hydroxylation is 1. The summed E-state index contributed by atoms with van der Waals surface area (Å²) in [6, 6.07) is -0.216. The van der Waals surface area contributed by atoms with Gasteiger partial charge in [0.15, 0.2) is 0 Å². The lowest BCUT2D eigenvalue weighted by Crippen LogP contribution is -2.59. The molecule has 0 bridgehead atoms.